The van der Waals surface area contributed by atoms with Gasteiger partial charge in [-0.3, -0.25) is 0 Å². The Kier molecular flexibility index (Phi) is 9.35. The van der Waals surface area contributed by atoms with Gasteiger partial charge >= 0.3 is 0 Å². The Morgan fingerprint density at radius 1 is 0.727 bits per heavy atom. The maximum atomic E-state index is 5.87. The molecule has 0 spiro atoms. The maximum Gasteiger partial charge on any atom is 0.186 e. The first-order valence-electron chi connectivity index (χ1n) is 11.0. The highest BCUT2D eigenvalue weighted by Gasteiger charge is 2.15. The Labute approximate surface area is 216 Å². The molecule has 1 N–H and O–H groups in total. The number of hydrogen-bond acceptors (Lipinski definition) is 8. The Morgan fingerprint density at radius 3 is 1.88 bits per heavy atom. The zero-order valence-electron chi connectivity index (χ0n) is 18.1. The minimum atomic E-state index is 0.470. The first-order chi connectivity index (χ1) is 16.1. The first kappa shape index (κ1) is 24.8. The van der Waals surface area contributed by atoms with Crippen molar-refractivity contribution >= 4 is 83.0 Å². The number of halogens is 3. The predicted molar refractivity (Wildman–Crippen MR) is 143 cm³/mol. The van der Waals surface area contributed by atoms with Gasteiger partial charge in [-0.25, -0.2) is 19.9 Å². The summed E-state index contributed by atoms with van der Waals surface area (Å²) in [5, 5.41) is 5.41. The van der Waals surface area contributed by atoms with Gasteiger partial charge in [-0.15, -0.1) is 11.3 Å². The minimum absolute atomic E-state index is 0.470. The van der Waals surface area contributed by atoms with Crippen LogP contribution in [-0.2, 0) is 0 Å². The summed E-state index contributed by atoms with van der Waals surface area (Å²) >= 11 is 20.3. The zero-order valence-corrected chi connectivity index (χ0v) is 22.0. The van der Waals surface area contributed by atoms with E-state index in [0.29, 0.717) is 14.8 Å². The lowest BCUT2D eigenvalue weighted by Crippen LogP contribution is -2.29. The minimum Gasteiger partial charge on any atom is -0.348 e. The fourth-order valence-corrected chi connectivity index (χ4v) is 6.11. The summed E-state index contributed by atoms with van der Waals surface area (Å²) in [5.74, 6) is 0. The number of hydrogen-bond donors (Lipinski definition) is 1. The van der Waals surface area contributed by atoms with E-state index in [0.717, 1.165) is 38.7 Å². The van der Waals surface area contributed by atoms with E-state index >= 15 is 0 Å². The zero-order chi connectivity index (χ0) is 23.0. The van der Waals surface area contributed by atoms with Crippen LogP contribution < -0.4 is 10.2 Å². The van der Waals surface area contributed by atoms with Gasteiger partial charge in [-0.05, 0) is 57.3 Å². The second kappa shape index (κ2) is 12.4. The number of aromatic nitrogens is 4. The smallest absolute Gasteiger partial charge is 0.186 e. The summed E-state index contributed by atoms with van der Waals surface area (Å²) in [6.07, 6.45) is 11.5. The molecule has 0 amide bonds. The number of anilines is 1. The molecule has 0 bridgehead atoms. The van der Waals surface area contributed by atoms with E-state index in [2.05, 4.69) is 30.2 Å². The fourth-order valence-electron chi connectivity index (χ4n) is 3.60. The van der Waals surface area contributed by atoms with Crippen molar-refractivity contribution in [2.75, 3.05) is 31.1 Å². The molecule has 0 saturated carbocycles. The Morgan fingerprint density at radius 2 is 1.30 bits per heavy atom. The fraction of sp³-hybridized carbons (Fsp3) is 0.455. The third-order valence-corrected chi connectivity index (χ3v) is 7.89. The molecule has 11 heteroatoms. The van der Waals surface area contributed by atoms with Gasteiger partial charge in [-0.2, -0.15) is 0 Å². The van der Waals surface area contributed by atoms with Gasteiger partial charge in [0.05, 0.1) is 21.8 Å². The molecule has 0 aliphatic carbocycles. The quantitative estimate of drug-likeness (QED) is 0.258. The summed E-state index contributed by atoms with van der Waals surface area (Å²) in [6.45, 7) is 4.75. The van der Waals surface area contributed by atoms with E-state index in [9.17, 15) is 0 Å². The molecule has 6 heterocycles. The van der Waals surface area contributed by atoms with Crippen LogP contribution in [0.25, 0.3) is 20.4 Å². The molecule has 0 unspecified atom stereocenters. The average Bonchev–Trinajstić information content (AvgIpc) is 3.43. The lowest BCUT2D eigenvalue weighted by atomic mass is 10.1. The van der Waals surface area contributed by atoms with E-state index in [1.165, 1.54) is 63.0 Å². The molecular formula is C22H25Cl3N6S2. The molecule has 176 valence electrons. The molecule has 6 rings (SSSR count). The lowest BCUT2D eigenvalue weighted by Gasteiger charge is -2.25. The number of pyridine rings is 2. The van der Waals surface area contributed by atoms with Gasteiger partial charge in [0, 0.05) is 13.1 Å². The number of thiazole rings is 2. The van der Waals surface area contributed by atoms with Crippen molar-refractivity contribution in [2.45, 2.75) is 38.5 Å². The second-order valence-electron chi connectivity index (χ2n) is 7.77. The first-order valence-corrected chi connectivity index (χ1v) is 13.8. The van der Waals surface area contributed by atoms with Crippen molar-refractivity contribution in [1.29, 1.82) is 0 Å². The highest BCUT2D eigenvalue weighted by molar-refractivity contribution is 7.22. The summed E-state index contributed by atoms with van der Waals surface area (Å²) in [6, 6.07) is 3.64. The van der Waals surface area contributed by atoms with Crippen LogP contribution in [0.5, 0.6) is 0 Å². The van der Waals surface area contributed by atoms with Gasteiger partial charge in [0.2, 0.25) is 0 Å². The van der Waals surface area contributed by atoms with Crippen LogP contribution in [-0.4, -0.2) is 46.1 Å². The van der Waals surface area contributed by atoms with Crippen LogP contribution >= 0.6 is 57.5 Å². The number of nitrogens with zero attached hydrogens (tertiary/aromatic N) is 5. The third kappa shape index (κ3) is 7.34. The van der Waals surface area contributed by atoms with Gasteiger partial charge < -0.3 is 10.2 Å². The molecule has 2 saturated heterocycles. The summed E-state index contributed by atoms with van der Waals surface area (Å²) < 4.78 is 2.61. The van der Waals surface area contributed by atoms with Crippen molar-refractivity contribution in [3.05, 3.63) is 39.3 Å². The molecule has 0 aromatic carbocycles. The second-order valence-corrected chi connectivity index (χ2v) is 11.2. The highest BCUT2D eigenvalue weighted by atomic mass is 35.5. The van der Waals surface area contributed by atoms with E-state index in [1.54, 1.807) is 29.8 Å². The van der Waals surface area contributed by atoms with Crippen LogP contribution in [0.1, 0.15) is 38.5 Å². The van der Waals surface area contributed by atoms with Crippen LogP contribution in [0, 0.1) is 0 Å². The average molecular weight is 544 g/mol. The van der Waals surface area contributed by atoms with Gasteiger partial charge in [0.15, 0.2) is 9.60 Å². The van der Waals surface area contributed by atoms with E-state index in [4.69, 9.17) is 34.8 Å². The standard InChI is InChI=1S/C11H12ClN3S.C6H2Cl2N2S.C5H11N/c12-10-6-9-8(7-13-10)14-11(16-9)15-4-2-1-3-5-15;7-5-1-4-3(2-9-5)10-6(8)11-4;1-2-4-6-5-3-1/h6-7H,1-5H2;1-2H;6H,1-5H2. The van der Waals surface area contributed by atoms with Crippen LogP contribution in [0.15, 0.2) is 24.5 Å². The number of nitrogens with one attached hydrogen (secondary N) is 1. The van der Waals surface area contributed by atoms with Crippen LogP contribution in [0.2, 0.25) is 14.8 Å². The predicted octanol–water partition coefficient (Wildman–Crippen LogP) is 7.09. The van der Waals surface area contributed by atoms with Crippen LogP contribution in [0.4, 0.5) is 5.13 Å². The Balaban J connectivity index is 0.000000132. The van der Waals surface area contributed by atoms with E-state index in [-0.39, 0.29) is 0 Å². The number of fused-ring (bicyclic) bond motifs is 2. The van der Waals surface area contributed by atoms with Gasteiger partial charge in [0.1, 0.15) is 21.3 Å². The SMILES string of the molecule is C1CCNCC1.Clc1cc2sc(Cl)nc2cn1.Clc1cc2sc(N3CCCCC3)nc2cn1. The van der Waals surface area contributed by atoms with Crippen molar-refractivity contribution in [3.8, 4) is 0 Å². The molecule has 4 aromatic heterocycles. The Bertz CT molecular complexity index is 1160. The van der Waals surface area contributed by atoms with Crippen molar-refractivity contribution in [2.24, 2.45) is 0 Å². The van der Waals surface area contributed by atoms with Gasteiger partial charge in [-0.1, -0.05) is 52.6 Å². The maximum absolute atomic E-state index is 5.87. The molecule has 0 atom stereocenters. The molecule has 6 nitrogen and oxygen atoms in total. The Hall–Kier alpha value is -1.29. The van der Waals surface area contributed by atoms with Gasteiger partial charge in [0.25, 0.3) is 0 Å². The van der Waals surface area contributed by atoms with Crippen LogP contribution in [0.3, 0.4) is 0 Å². The van der Waals surface area contributed by atoms with E-state index < -0.39 is 0 Å². The van der Waals surface area contributed by atoms with Crippen molar-refractivity contribution < 1.29 is 0 Å². The molecule has 4 aromatic rings. The van der Waals surface area contributed by atoms with E-state index in [1.807, 2.05) is 6.07 Å². The highest BCUT2D eigenvalue weighted by Crippen LogP contribution is 2.31. The lowest BCUT2D eigenvalue weighted by molar-refractivity contribution is 0.520. The molecule has 2 aliphatic rings. The third-order valence-electron chi connectivity index (χ3n) is 5.28. The molecule has 33 heavy (non-hydrogen) atoms. The number of piperidine rings is 2. The largest absolute Gasteiger partial charge is 0.348 e. The molecule has 2 aliphatic heterocycles. The molecule has 0 radical (unpaired) electrons. The molecule has 2 fully saturated rings. The monoisotopic (exact) mass is 542 g/mol. The van der Waals surface area contributed by atoms with Crippen molar-refractivity contribution in [3.63, 3.8) is 0 Å². The topological polar surface area (TPSA) is 66.8 Å². The van der Waals surface area contributed by atoms with Crippen molar-refractivity contribution in [1.82, 2.24) is 25.3 Å². The molecular weight excluding hydrogens is 519 g/mol. The number of rotatable bonds is 1. The summed E-state index contributed by atoms with van der Waals surface area (Å²) in [7, 11) is 0. The normalized spacial score (nSPS) is 16.2. The summed E-state index contributed by atoms with van der Waals surface area (Å²) in [5.41, 5.74) is 1.75. The summed E-state index contributed by atoms with van der Waals surface area (Å²) in [4.78, 5) is 18.9.